The zero-order valence-corrected chi connectivity index (χ0v) is 17.8. The third kappa shape index (κ3) is 3.55. The Hall–Kier alpha value is -3.57. The number of fused-ring (bicyclic) bond motifs is 4. The van der Waals surface area contributed by atoms with Crippen LogP contribution < -0.4 is 0 Å². The third-order valence-electron chi connectivity index (χ3n) is 6.09. The number of carbonyl (C=O) groups is 2. The Labute approximate surface area is 189 Å². The van der Waals surface area contributed by atoms with Gasteiger partial charge in [-0.25, -0.2) is 0 Å². The lowest BCUT2D eigenvalue weighted by Crippen LogP contribution is -2.29. The van der Waals surface area contributed by atoms with Crippen molar-refractivity contribution in [2.75, 3.05) is 6.61 Å². The van der Waals surface area contributed by atoms with Crippen molar-refractivity contribution in [1.29, 1.82) is 0 Å². The number of nitrogens with one attached hydrogen (secondary N) is 1. The number of aromatic nitrogens is 1. The average molecular weight is 446 g/mol. The fraction of sp³-hybridized carbons (Fsp3) is 0.154. The predicted molar refractivity (Wildman–Crippen MR) is 123 cm³/mol. The van der Waals surface area contributed by atoms with Crippen LogP contribution in [0, 0.1) is 5.92 Å². The molecule has 32 heavy (non-hydrogen) atoms. The van der Waals surface area contributed by atoms with Crippen LogP contribution in [0.3, 0.4) is 0 Å². The van der Waals surface area contributed by atoms with Crippen LogP contribution >= 0.6 is 11.6 Å². The molecule has 3 aromatic carbocycles. The smallest absolute Gasteiger partial charge is 0.320 e. The van der Waals surface area contributed by atoms with E-state index in [0.717, 1.165) is 38.7 Å². The number of H-pyrrole nitrogens is 1. The monoisotopic (exact) mass is 445 g/mol. The van der Waals surface area contributed by atoms with Gasteiger partial charge in [-0.15, -0.1) is 0 Å². The van der Waals surface area contributed by atoms with Gasteiger partial charge in [-0.1, -0.05) is 66.2 Å². The number of hydrogen-bond donors (Lipinski definition) is 2. The number of hydrogen-bond acceptors (Lipinski definition) is 3. The van der Waals surface area contributed by atoms with Crippen molar-refractivity contribution < 1.29 is 19.4 Å². The molecule has 1 aliphatic rings. The number of halogens is 1. The lowest BCUT2D eigenvalue weighted by molar-refractivity contribution is -0.158. The molecule has 1 aromatic heterocycles. The molecule has 5 nitrogen and oxygen atoms in total. The van der Waals surface area contributed by atoms with Crippen LogP contribution in [-0.2, 0) is 20.7 Å². The molecular weight excluding hydrogens is 426 g/mol. The van der Waals surface area contributed by atoms with E-state index in [1.54, 1.807) is 18.3 Å². The molecule has 0 aliphatic heterocycles. The van der Waals surface area contributed by atoms with E-state index in [1.807, 2.05) is 42.5 Å². The first kappa shape index (κ1) is 20.3. The summed E-state index contributed by atoms with van der Waals surface area (Å²) in [6.45, 7) is 0.0974. The van der Waals surface area contributed by atoms with E-state index in [4.69, 9.17) is 16.3 Å². The average Bonchev–Trinajstić information content (AvgIpc) is 3.34. The van der Waals surface area contributed by atoms with Crippen LogP contribution in [0.15, 0.2) is 72.9 Å². The van der Waals surface area contributed by atoms with Gasteiger partial charge in [0, 0.05) is 28.0 Å². The molecule has 2 N–H and O–H groups in total. The first-order chi connectivity index (χ1) is 15.5. The van der Waals surface area contributed by atoms with Gasteiger partial charge in [-0.05, 0) is 46.4 Å². The molecule has 1 aliphatic carbocycles. The summed E-state index contributed by atoms with van der Waals surface area (Å²) in [6.07, 6.45) is 1.75. The second-order valence-electron chi connectivity index (χ2n) is 7.96. The van der Waals surface area contributed by atoms with Crippen molar-refractivity contribution >= 4 is 34.4 Å². The highest BCUT2D eigenvalue weighted by molar-refractivity contribution is 6.31. The molecule has 1 heterocycles. The van der Waals surface area contributed by atoms with Crippen LogP contribution in [0.2, 0.25) is 5.02 Å². The molecule has 6 heteroatoms. The lowest BCUT2D eigenvalue weighted by Gasteiger charge is -2.17. The molecule has 0 saturated carbocycles. The summed E-state index contributed by atoms with van der Waals surface area (Å²) in [5, 5.41) is 11.2. The Balaban J connectivity index is 1.36. The van der Waals surface area contributed by atoms with Gasteiger partial charge in [0.05, 0.1) is 0 Å². The van der Waals surface area contributed by atoms with Gasteiger partial charge in [-0.3, -0.25) is 9.59 Å². The molecule has 0 fully saturated rings. The van der Waals surface area contributed by atoms with Crippen LogP contribution in [-0.4, -0.2) is 28.6 Å². The molecular formula is C26H20ClNO4. The Bertz CT molecular complexity index is 1300. The Morgan fingerprint density at radius 2 is 1.66 bits per heavy atom. The van der Waals surface area contributed by atoms with Gasteiger partial charge in [-0.2, -0.15) is 0 Å². The molecule has 1 unspecified atom stereocenters. The van der Waals surface area contributed by atoms with Gasteiger partial charge in [0.1, 0.15) is 6.61 Å². The van der Waals surface area contributed by atoms with E-state index < -0.39 is 17.9 Å². The summed E-state index contributed by atoms with van der Waals surface area (Å²) in [7, 11) is 0. The summed E-state index contributed by atoms with van der Waals surface area (Å²) < 4.78 is 5.59. The van der Waals surface area contributed by atoms with Gasteiger partial charge >= 0.3 is 11.9 Å². The van der Waals surface area contributed by atoms with Crippen molar-refractivity contribution in [2.24, 2.45) is 5.92 Å². The minimum atomic E-state index is -1.29. The predicted octanol–water partition coefficient (Wildman–Crippen LogP) is 5.42. The fourth-order valence-corrected chi connectivity index (χ4v) is 4.70. The first-order valence-electron chi connectivity index (χ1n) is 10.4. The van der Waals surface area contributed by atoms with Crippen molar-refractivity contribution in [3.63, 3.8) is 0 Å². The summed E-state index contributed by atoms with van der Waals surface area (Å²) in [5.74, 6) is -3.35. The Morgan fingerprint density at radius 3 is 2.31 bits per heavy atom. The second-order valence-corrected chi connectivity index (χ2v) is 8.39. The zero-order chi connectivity index (χ0) is 22.2. The van der Waals surface area contributed by atoms with Gasteiger partial charge in [0.15, 0.2) is 5.92 Å². The molecule has 0 radical (unpaired) electrons. The van der Waals surface area contributed by atoms with E-state index in [9.17, 15) is 14.7 Å². The van der Waals surface area contributed by atoms with Crippen LogP contribution in [0.5, 0.6) is 0 Å². The number of rotatable bonds is 6. The highest BCUT2D eigenvalue weighted by atomic mass is 35.5. The molecule has 0 bridgehead atoms. The number of carbonyl (C=O) groups excluding carboxylic acids is 1. The molecule has 5 rings (SSSR count). The number of aliphatic carboxylic acids is 1. The number of ether oxygens (including phenoxy) is 1. The summed E-state index contributed by atoms with van der Waals surface area (Å²) in [6, 6.07) is 21.4. The lowest BCUT2D eigenvalue weighted by atomic mass is 9.97. The van der Waals surface area contributed by atoms with Crippen molar-refractivity contribution in [2.45, 2.75) is 12.3 Å². The summed E-state index contributed by atoms with van der Waals surface area (Å²) in [5.41, 5.74) is 5.94. The van der Waals surface area contributed by atoms with E-state index in [2.05, 4.69) is 17.1 Å². The van der Waals surface area contributed by atoms with Gasteiger partial charge < -0.3 is 14.8 Å². The van der Waals surface area contributed by atoms with Crippen LogP contribution in [0.1, 0.15) is 22.6 Å². The van der Waals surface area contributed by atoms with Gasteiger partial charge in [0.25, 0.3) is 0 Å². The molecule has 1 atom stereocenters. The van der Waals surface area contributed by atoms with Crippen molar-refractivity contribution in [3.8, 4) is 11.1 Å². The maximum absolute atomic E-state index is 12.8. The van der Waals surface area contributed by atoms with Crippen LogP contribution in [0.25, 0.3) is 22.0 Å². The van der Waals surface area contributed by atoms with E-state index in [1.165, 1.54) is 0 Å². The molecule has 160 valence electrons. The Kier molecular flexibility index (Phi) is 5.19. The quantitative estimate of drug-likeness (QED) is 0.307. The van der Waals surface area contributed by atoms with Crippen molar-refractivity contribution in [1.82, 2.24) is 4.98 Å². The zero-order valence-electron chi connectivity index (χ0n) is 17.0. The normalized spacial score (nSPS) is 13.5. The number of benzene rings is 3. The third-order valence-corrected chi connectivity index (χ3v) is 6.33. The summed E-state index contributed by atoms with van der Waals surface area (Å²) >= 11 is 6.02. The van der Waals surface area contributed by atoms with Crippen molar-refractivity contribution in [3.05, 3.63) is 94.6 Å². The second kappa shape index (κ2) is 8.17. The van der Waals surface area contributed by atoms with E-state index in [-0.39, 0.29) is 18.9 Å². The SMILES string of the molecule is O=C(O)C(Cc1c[nH]c2cc(Cl)ccc12)C(=O)OCC1c2ccccc2-c2ccccc21. The molecule has 0 amide bonds. The molecule has 0 spiro atoms. The van der Waals surface area contributed by atoms with E-state index >= 15 is 0 Å². The number of carboxylic acid groups (broad SMARTS) is 1. The highest BCUT2D eigenvalue weighted by Gasteiger charge is 2.33. The highest BCUT2D eigenvalue weighted by Crippen LogP contribution is 2.44. The number of esters is 1. The van der Waals surface area contributed by atoms with Gasteiger partial charge in [0.2, 0.25) is 0 Å². The largest absolute Gasteiger partial charge is 0.481 e. The van der Waals surface area contributed by atoms with Crippen LogP contribution in [0.4, 0.5) is 0 Å². The first-order valence-corrected chi connectivity index (χ1v) is 10.7. The topological polar surface area (TPSA) is 79.4 Å². The molecule has 0 saturated heterocycles. The number of aromatic amines is 1. The number of carboxylic acids is 1. The maximum atomic E-state index is 12.8. The Morgan fingerprint density at radius 1 is 1.00 bits per heavy atom. The summed E-state index contributed by atoms with van der Waals surface area (Å²) in [4.78, 5) is 27.8. The maximum Gasteiger partial charge on any atom is 0.320 e. The minimum absolute atomic E-state index is 0.0354. The fourth-order valence-electron chi connectivity index (χ4n) is 4.52. The molecule has 4 aromatic rings. The minimum Gasteiger partial charge on any atom is -0.481 e. The standard InChI is InChI=1S/C26H20ClNO4/c27-16-9-10-17-15(13-28-24(17)12-16)11-22(25(29)30)26(31)32-14-23-20-7-3-1-5-18(20)19-6-2-4-8-21(19)23/h1-10,12-13,22-23,28H,11,14H2,(H,29,30). The van der Waals surface area contributed by atoms with E-state index in [0.29, 0.717) is 5.02 Å².